The molecule has 0 spiro atoms. The zero-order valence-electron chi connectivity index (χ0n) is 15.6. The maximum absolute atomic E-state index is 12.4. The van der Waals surface area contributed by atoms with Gasteiger partial charge in [-0.2, -0.15) is 4.98 Å². The van der Waals surface area contributed by atoms with Crippen molar-refractivity contribution in [3.05, 3.63) is 66.3 Å². The second kappa shape index (κ2) is 8.75. The van der Waals surface area contributed by atoms with E-state index in [0.717, 1.165) is 37.1 Å². The third kappa shape index (κ3) is 4.61. The van der Waals surface area contributed by atoms with Crippen LogP contribution < -0.4 is 5.32 Å². The molecule has 7 heteroatoms. The van der Waals surface area contributed by atoms with Gasteiger partial charge in [0, 0.05) is 30.4 Å². The van der Waals surface area contributed by atoms with Crippen molar-refractivity contribution in [3.63, 3.8) is 0 Å². The Kier molecular flexibility index (Phi) is 5.72. The van der Waals surface area contributed by atoms with Gasteiger partial charge >= 0.3 is 0 Å². The second-order valence-corrected chi connectivity index (χ2v) is 7.00. The molecule has 0 radical (unpaired) electrons. The highest BCUT2D eigenvalue weighted by Crippen LogP contribution is 2.20. The van der Waals surface area contributed by atoms with Crippen LogP contribution in [0.5, 0.6) is 0 Å². The van der Waals surface area contributed by atoms with Crippen LogP contribution in [0, 0.1) is 5.92 Å². The van der Waals surface area contributed by atoms with Gasteiger partial charge in [0.2, 0.25) is 17.6 Å². The Hall–Kier alpha value is -3.06. The number of nitrogens with zero attached hydrogens (tertiary/aromatic N) is 4. The van der Waals surface area contributed by atoms with Crippen LogP contribution >= 0.6 is 0 Å². The number of carbonyl (C=O) groups excluding carboxylic acids is 1. The van der Waals surface area contributed by atoms with Crippen molar-refractivity contribution in [2.24, 2.45) is 5.92 Å². The van der Waals surface area contributed by atoms with E-state index < -0.39 is 0 Å². The Morgan fingerprint density at radius 1 is 1.11 bits per heavy atom. The summed E-state index contributed by atoms with van der Waals surface area (Å²) in [6, 6.07) is 13.6. The molecule has 0 aliphatic carbocycles. The van der Waals surface area contributed by atoms with Crippen LogP contribution in [0.4, 0.5) is 0 Å². The molecule has 1 aromatic carbocycles. The van der Waals surface area contributed by atoms with E-state index in [1.807, 2.05) is 42.5 Å². The monoisotopic (exact) mass is 377 g/mol. The molecule has 1 fully saturated rings. The van der Waals surface area contributed by atoms with Crippen molar-refractivity contribution in [2.75, 3.05) is 13.1 Å². The molecule has 0 atom stereocenters. The largest absolute Gasteiger partial charge is 0.352 e. The molecular weight excluding hydrogens is 354 g/mol. The van der Waals surface area contributed by atoms with E-state index in [1.54, 1.807) is 12.4 Å². The van der Waals surface area contributed by atoms with Gasteiger partial charge < -0.3 is 9.84 Å². The molecule has 0 bridgehead atoms. The summed E-state index contributed by atoms with van der Waals surface area (Å²) in [7, 11) is 0. The number of benzene rings is 1. The predicted octanol–water partition coefficient (Wildman–Crippen LogP) is 2.66. The molecule has 0 unspecified atom stereocenters. The average molecular weight is 377 g/mol. The van der Waals surface area contributed by atoms with E-state index in [2.05, 4.69) is 25.3 Å². The SMILES string of the molecule is O=C(NCc1ccncc1)C1CCN(Cc2nc(-c3ccccc3)no2)CC1. The molecule has 3 aromatic rings. The molecule has 3 heterocycles. The fourth-order valence-electron chi connectivity index (χ4n) is 3.40. The van der Waals surface area contributed by atoms with Crippen LogP contribution in [-0.2, 0) is 17.9 Å². The lowest BCUT2D eigenvalue weighted by Gasteiger charge is -2.30. The van der Waals surface area contributed by atoms with Crippen molar-refractivity contribution < 1.29 is 9.32 Å². The molecule has 1 aliphatic heterocycles. The van der Waals surface area contributed by atoms with E-state index in [1.165, 1.54) is 0 Å². The van der Waals surface area contributed by atoms with Gasteiger partial charge in [-0.25, -0.2) is 0 Å². The first-order chi connectivity index (χ1) is 13.8. The molecule has 7 nitrogen and oxygen atoms in total. The van der Waals surface area contributed by atoms with Gasteiger partial charge in [-0.05, 0) is 43.6 Å². The second-order valence-electron chi connectivity index (χ2n) is 7.00. The quantitative estimate of drug-likeness (QED) is 0.711. The highest BCUT2D eigenvalue weighted by molar-refractivity contribution is 5.78. The number of piperidine rings is 1. The minimum absolute atomic E-state index is 0.0562. The maximum Gasteiger partial charge on any atom is 0.241 e. The van der Waals surface area contributed by atoms with E-state index in [0.29, 0.717) is 24.8 Å². The van der Waals surface area contributed by atoms with Crippen LogP contribution in [0.2, 0.25) is 0 Å². The first kappa shape index (κ1) is 18.3. The number of nitrogens with one attached hydrogen (secondary N) is 1. The minimum Gasteiger partial charge on any atom is -0.352 e. The minimum atomic E-state index is 0.0562. The van der Waals surface area contributed by atoms with Gasteiger partial charge in [0.25, 0.3) is 0 Å². The third-order valence-electron chi connectivity index (χ3n) is 5.03. The van der Waals surface area contributed by atoms with Gasteiger partial charge in [0.15, 0.2) is 0 Å². The fourth-order valence-corrected chi connectivity index (χ4v) is 3.40. The number of rotatable bonds is 6. The Morgan fingerprint density at radius 2 is 1.86 bits per heavy atom. The first-order valence-corrected chi connectivity index (χ1v) is 9.55. The summed E-state index contributed by atoms with van der Waals surface area (Å²) in [4.78, 5) is 23.1. The van der Waals surface area contributed by atoms with E-state index in [9.17, 15) is 4.79 Å². The topological polar surface area (TPSA) is 84.2 Å². The first-order valence-electron chi connectivity index (χ1n) is 9.55. The van der Waals surface area contributed by atoms with Crippen LogP contribution in [0.1, 0.15) is 24.3 Å². The molecule has 1 saturated heterocycles. The number of pyridine rings is 1. The molecule has 28 heavy (non-hydrogen) atoms. The molecule has 1 aliphatic rings. The lowest BCUT2D eigenvalue weighted by atomic mass is 9.96. The van der Waals surface area contributed by atoms with E-state index in [4.69, 9.17) is 4.52 Å². The number of amides is 1. The van der Waals surface area contributed by atoms with Crippen LogP contribution in [0.25, 0.3) is 11.4 Å². The zero-order chi connectivity index (χ0) is 19.2. The molecule has 1 amide bonds. The van der Waals surface area contributed by atoms with Gasteiger partial charge in [-0.15, -0.1) is 0 Å². The standard InChI is InChI=1S/C21H23N5O2/c27-21(23-14-16-6-10-22-11-7-16)18-8-12-26(13-9-18)15-19-24-20(25-28-19)17-4-2-1-3-5-17/h1-7,10-11,18H,8-9,12-15H2,(H,23,27). The van der Waals surface area contributed by atoms with Crippen molar-refractivity contribution in [3.8, 4) is 11.4 Å². The van der Waals surface area contributed by atoms with Crippen LogP contribution in [0.3, 0.4) is 0 Å². The van der Waals surface area contributed by atoms with Gasteiger partial charge in [0.05, 0.1) is 6.54 Å². The van der Waals surface area contributed by atoms with E-state index in [-0.39, 0.29) is 11.8 Å². The Balaban J connectivity index is 1.24. The van der Waals surface area contributed by atoms with Crippen LogP contribution in [-0.4, -0.2) is 39.0 Å². The Bertz CT molecular complexity index is 889. The van der Waals surface area contributed by atoms with Crippen molar-refractivity contribution in [2.45, 2.75) is 25.9 Å². The number of aromatic nitrogens is 3. The van der Waals surface area contributed by atoms with E-state index >= 15 is 0 Å². The summed E-state index contributed by atoms with van der Waals surface area (Å²) >= 11 is 0. The molecule has 4 rings (SSSR count). The van der Waals surface area contributed by atoms with Crippen molar-refractivity contribution in [1.82, 2.24) is 25.3 Å². The Labute approximate surface area is 163 Å². The third-order valence-corrected chi connectivity index (χ3v) is 5.03. The maximum atomic E-state index is 12.4. The number of carbonyl (C=O) groups is 1. The zero-order valence-corrected chi connectivity index (χ0v) is 15.6. The summed E-state index contributed by atoms with van der Waals surface area (Å²) in [5.41, 5.74) is 2.01. The summed E-state index contributed by atoms with van der Waals surface area (Å²) in [5.74, 6) is 1.40. The molecule has 144 valence electrons. The highest BCUT2D eigenvalue weighted by atomic mass is 16.5. The van der Waals surface area contributed by atoms with Crippen molar-refractivity contribution >= 4 is 5.91 Å². The summed E-state index contributed by atoms with van der Waals surface area (Å²) in [6.07, 6.45) is 5.14. The normalized spacial score (nSPS) is 15.4. The number of hydrogen-bond acceptors (Lipinski definition) is 6. The highest BCUT2D eigenvalue weighted by Gasteiger charge is 2.25. The summed E-state index contributed by atoms with van der Waals surface area (Å²) in [5, 5.41) is 7.10. The lowest BCUT2D eigenvalue weighted by molar-refractivity contribution is -0.126. The molecular formula is C21H23N5O2. The average Bonchev–Trinajstić information content (AvgIpc) is 3.22. The fraction of sp³-hybridized carbons (Fsp3) is 0.333. The predicted molar refractivity (Wildman–Crippen MR) is 104 cm³/mol. The molecule has 1 N–H and O–H groups in total. The van der Waals surface area contributed by atoms with Gasteiger partial charge in [-0.1, -0.05) is 35.5 Å². The van der Waals surface area contributed by atoms with Gasteiger partial charge in [-0.3, -0.25) is 14.7 Å². The summed E-state index contributed by atoms with van der Waals surface area (Å²) < 4.78 is 5.40. The number of hydrogen-bond donors (Lipinski definition) is 1. The molecule has 2 aromatic heterocycles. The molecule has 0 saturated carbocycles. The Morgan fingerprint density at radius 3 is 2.61 bits per heavy atom. The number of likely N-dealkylation sites (tertiary alicyclic amines) is 1. The van der Waals surface area contributed by atoms with Crippen molar-refractivity contribution in [1.29, 1.82) is 0 Å². The summed E-state index contributed by atoms with van der Waals surface area (Å²) in [6.45, 7) is 2.85. The van der Waals surface area contributed by atoms with Gasteiger partial charge in [0.1, 0.15) is 0 Å². The smallest absolute Gasteiger partial charge is 0.241 e. The lowest BCUT2D eigenvalue weighted by Crippen LogP contribution is -2.40. The van der Waals surface area contributed by atoms with Crippen LogP contribution in [0.15, 0.2) is 59.4 Å².